The van der Waals surface area contributed by atoms with E-state index in [1.807, 2.05) is 32.1 Å². The molecule has 1 radical (unpaired) electrons. The Kier molecular flexibility index (Phi) is 29.5. The maximum absolute atomic E-state index is 12.1. The highest BCUT2D eigenvalue weighted by molar-refractivity contribution is 5.22. The molecule has 0 aromatic rings. The number of alkyl halides is 1. The van der Waals surface area contributed by atoms with Gasteiger partial charge in [0.1, 0.15) is 5.67 Å². The molecule has 2 aliphatic rings. The zero-order valence-corrected chi connectivity index (χ0v) is 26.5. The third-order valence-electron chi connectivity index (χ3n) is 6.47. The van der Waals surface area contributed by atoms with Gasteiger partial charge in [-0.1, -0.05) is 132 Å². The highest BCUT2D eigenvalue weighted by Gasteiger charge is 2.11. The van der Waals surface area contributed by atoms with Crippen molar-refractivity contribution in [2.45, 2.75) is 139 Å². The molecule has 0 N–H and O–H groups in total. The second-order valence-corrected chi connectivity index (χ2v) is 11.0. The molecular formula is C36H64F. The van der Waals surface area contributed by atoms with E-state index in [1.54, 1.807) is 25.5 Å². The molecular weight excluding hydrogens is 451 g/mol. The molecule has 0 saturated heterocycles. The lowest BCUT2D eigenvalue weighted by molar-refractivity contribution is 0.210. The first kappa shape index (κ1) is 39.9. The van der Waals surface area contributed by atoms with Crippen LogP contribution in [0.2, 0.25) is 0 Å². The molecule has 1 saturated carbocycles. The molecule has 0 amide bonds. The topological polar surface area (TPSA) is 0 Å². The summed E-state index contributed by atoms with van der Waals surface area (Å²) in [4.78, 5) is 0. The van der Waals surface area contributed by atoms with Crippen molar-refractivity contribution in [1.82, 2.24) is 0 Å². The standard InChI is InChI=1S/C13H17.C7H14.C6H12.C5H11F.C5H10/c1-3-4-5-6-7-9-12(2)13-10-8-11-13;1-2-7-5-3-4-6-7;1-4-5-6(2)3;1-4-5(2,3)6;1-4-5(2)3/h3-7,9-10,12H,1,8,11H2,2H3;7H,2-6H2,1H3;2,4-5H2,1,3H3;4H2,1-3H3;2,4H2,1,3H3/b4-3-,6-5-,9-7+;;;;. The molecule has 37 heavy (non-hydrogen) atoms. The fraction of sp³-hybridized carbons (Fsp3) is 0.639. The zero-order chi connectivity index (χ0) is 29.1. The van der Waals surface area contributed by atoms with Crippen molar-refractivity contribution in [2.75, 3.05) is 0 Å². The first-order valence-electron chi connectivity index (χ1n) is 14.8. The van der Waals surface area contributed by atoms with E-state index in [0.29, 0.717) is 12.3 Å². The molecule has 0 aromatic heterocycles. The van der Waals surface area contributed by atoms with E-state index in [1.165, 1.54) is 68.9 Å². The minimum absolute atomic E-state index is 0.604. The van der Waals surface area contributed by atoms with Gasteiger partial charge < -0.3 is 0 Å². The Labute approximate surface area is 234 Å². The number of rotatable bonds is 9. The lowest BCUT2D eigenvalue weighted by atomic mass is 9.88. The predicted octanol–water partition coefficient (Wildman–Crippen LogP) is 12.9. The van der Waals surface area contributed by atoms with Gasteiger partial charge in [0, 0.05) is 0 Å². The zero-order valence-electron chi connectivity index (χ0n) is 26.5. The molecule has 1 unspecified atom stereocenters. The van der Waals surface area contributed by atoms with Gasteiger partial charge in [-0.2, -0.15) is 0 Å². The van der Waals surface area contributed by atoms with Crippen LogP contribution in [0.15, 0.2) is 72.4 Å². The van der Waals surface area contributed by atoms with Gasteiger partial charge in [-0.05, 0) is 78.6 Å². The average Bonchev–Trinajstić information content (AvgIpc) is 3.33. The van der Waals surface area contributed by atoms with Crippen molar-refractivity contribution < 1.29 is 4.39 Å². The maximum atomic E-state index is 12.1. The van der Waals surface area contributed by atoms with Crippen LogP contribution in [0.3, 0.4) is 0 Å². The summed E-state index contributed by atoms with van der Waals surface area (Å²) >= 11 is 0. The third kappa shape index (κ3) is 34.4. The van der Waals surface area contributed by atoms with Crippen LogP contribution in [0.5, 0.6) is 0 Å². The van der Waals surface area contributed by atoms with Gasteiger partial charge in [-0.15, -0.1) is 13.2 Å². The Balaban J connectivity index is -0.000000416. The Hall–Kier alpha value is -1.63. The lowest BCUT2D eigenvalue weighted by Crippen LogP contribution is -2.07. The van der Waals surface area contributed by atoms with E-state index in [9.17, 15) is 4.39 Å². The van der Waals surface area contributed by atoms with Crippen LogP contribution in [-0.4, -0.2) is 5.67 Å². The van der Waals surface area contributed by atoms with Crippen molar-refractivity contribution >= 4 is 0 Å². The van der Waals surface area contributed by atoms with Crippen molar-refractivity contribution in [3.63, 3.8) is 0 Å². The summed E-state index contributed by atoms with van der Waals surface area (Å²) in [5.41, 5.74) is 3.17. The summed E-state index contributed by atoms with van der Waals surface area (Å²) in [6.45, 7) is 28.9. The molecule has 2 rings (SSSR count). The molecule has 0 spiro atoms. The first-order chi connectivity index (χ1) is 17.4. The minimum Gasteiger partial charge on any atom is -0.245 e. The van der Waals surface area contributed by atoms with Crippen LogP contribution in [0.4, 0.5) is 4.39 Å². The number of hydrogen-bond donors (Lipinski definition) is 0. The molecule has 2 aliphatic carbocycles. The van der Waals surface area contributed by atoms with E-state index in [-0.39, 0.29) is 0 Å². The molecule has 1 fully saturated rings. The van der Waals surface area contributed by atoms with Crippen LogP contribution in [0.1, 0.15) is 133 Å². The summed E-state index contributed by atoms with van der Waals surface area (Å²) in [7, 11) is 0. The molecule has 0 aliphatic heterocycles. The number of hydrogen-bond acceptors (Lipinski definition) is 0. The normalized spacial score (nSPS) is 15.7. The summed E-state index contributed by atoms with van der Waals surface area (Å²) < 4.78 is 12.1. The van der Waals surface area contributed by atoms with Gasteiger partial charge in [0.25, 0.3) is 0 Å². The highest BCUT2D eigenvalue weighted by atomic mass is 19.1. The van der Waals surface area contributed by atoms with E-state index in [2.05, 4.69) is 72.9 Å². The lowest BCUT2D eigenvalue weighted by Gasteiger charge is -2.18. The fourth-order valence-corrected chi connectivity index (χ4v) is 3.13. The minimum atomic E-state index is -0.958. The predicted molar refractivity (Wildman–Crippen MR) is 172 cm³/mol. The molecule has 1 heteroatoms. The van der Waals surface area contributed by atoms with Crippen LogP contribution in [-0.2, 0) is 0 Å². The van der Waals surface area contributed by atoms with Crippen LogP contribution < -0.4 is 0 Å². The summed E-state index contributed by atoms with van der Waals surface area (Å²) in [6.07, 6.45) is 28.5. The molecule has 0 bridgehead atoms. The van der Waals surface area contributed by atoms with Crippen molar-refractivity contribution in [2.24, 2.45) is 11.8 Å². The van der Waals surface area contributed by atoms with E-state index < -0.39 is 5.67 Å². The molecule has 215 valence electrons. The van der Waals surface area contributed by atoms with Gasteiger partial charge in [-0.3, -0.25) is 0 Å². The summed E-state index contributed by atoms with van der Waals surface area (Å²) in [5, 5.41) is 0. The fourth-order valence-electron chi connectivity index (χ4n) is 3.13. The second-order valence-electron chi connectivity index (χ2n) is 11.0. The van der Waals surface area contributed by atoms with Gasteiger partial charge in [0.2, 0.25) is 0 Å². The Bertz CT molecular complexity index is 645. The molecule has 1 atom stereocenters. The third-order valence-corrected chi connectivity index (χ3v) is 6.47. The van der Waals surface area contributed by atoms with Gasteiger partial charge in [0.05, 0.1) is 0 Å². The molecule has 0 aromatic carbocycles. The largest absolute Gasteiger partial charge is 0.245 e. The molecule has 0 heterocycles. The Morgan fingerprint density at radius 2 is 1.49 bits per heavy atom. The van der Waals surface area contributed by atoms with Crippen LogP contribution in [0.25, 0.3) is 0 Å². The Morgan fingerprint density at radius 3 is 1.73 bits per heavy atom. The quantitative estimate of drug-likeness (QED) is 0.211. The van der Waals surface area contributed by atoms with E-state index in [0.717, 1.165) is 12.3 Å². The van der Waals surface area contributed by atoms with Crippen LogP contribution in [0, 0.1) is 18.8 Å². The SMILES string of the molecule is C=C(C)CC.C=C(C)CCC.CCC(C)(C)F.CCC1CCCC1.[CH2]\C=C/C=C\C=C\C(C)C1=CCC1. The summed E-state index contributed by atoms with van der Waals surface area (Å²) in [6, 6.07) is 0. The van der Waals surface area contributed by atoms with Crippen molar-refractivity contribution in [3.05, 3.63) is 79.3 Å². The monoisotopic (exact) mass is 515 g/mol. The second kappa shape index (κ2) is 27.4. The highest BCUT2D eigenvalue weighted by Crippen LogP contribution is 2.27. The molecule has 0 nitrogen and oxygen atoms in total. The van der Waals surface area contributed by atoms with E-state index in [4.69, 9.17) is 0 Å². The van der Waals surface area contributed by atoms with Gasteiger partial charge >= 0.3 is 0 Å². The number of halogens is 1. The smallest absolute Gasteiger partial charge is 0.105 e. The summed E-state index contributed by atoms with van der Waals surface area (Å²) in [5.74, 6) is 1.71. The first-order valence-corrected chi connectivity index (χ1v) is 14.8. The van der Waals surface area contributed by atoms with Gasteiger partial charge in [-0.25, -0.2) is 4.39 Å². The van der Waals surface area contributed by atoms with E-state index >= 15 is 0 Å². The maximum Gasteiger partial charge on any atom is 0.105 e. The number of allylic oxidation sites excluding steroid dienone is 10. The Morgan fingerprint density at radius 1 is 1.00 bits per heavy atom. The van der Waals surface area contributed by atoms with Crippen molar-refractivity contribution in [3.8, 4) is 0 Å². The van der Waals surface area contributed by atoms with Gasteiger partial charge in [0.15, 0.2) is 0 Å². The van der Waals surface area contributed by atoms with Crippen molar-refractivity contribution in [1.29, 1.82) is 0 Å². The average molecular weight is 516 g/mol. The van der Waals surface area contributed by atoms with Crippen LogP contribution >= 0.6 is 0 Å².